The van der Waals surface area contributed by atoms with Crippen molar-refractivity contribution >= 4 is 21.9 Å². The molecular weight excluding hydrogens is 484 g/mol. The third-order valence-corrected chi connectivity index (χ3v) is 11.2. The minimum absolute atomic E-state index is 0.0576. The van der Waals surface area contributed by atoms with Crippen LogP contribution >= 0.6 is 15.9 Å². The molecule has 0 heterocycles. The number of esters is 1. The zero-order valence-corrected chi connectivity index (χ0v) is 24.4. The molecule has 3 heteroatoms. The summed E-state index contributed by atoms with van der Waals surface area (Å²) in [5, 5.41) is 0. The number of allylic oxidation sites excluding steroid dienone is 1. The van der Waals surface area contributed by atoms with Crippen molar-refractivity contribution in [2.75, 3.05) is 0 Å². The molecule has 4 aliphatic rings. The predicted molar refractivity (Wildman–Crippen MR) is 146 cm³/mol. The largest absolute Gasteiger partial charge is 0.461 e. The molecule has 4 rings (SSSR count). The summed E-state index contributed by atoms with van der Waals surface area (Å²) >= 11 is 3.47. The number of alkyl halides is 1. The first-order valence-corrected chi connectivity index (χ1v) is 15.5. The maximum absolute atomic E-state index is 12.4. The minimum Gasteiger partial charge on any atom is -0.461 e. The van der Waals surface area contributed by atoms with Crippen molar-refractivity contribution in [3.05, 3.63) is 11.6 Å². The maximum Gasteiger partial charge on any atom is 0.322 e. The average Bonchev–Trinajstić information content (AvgIpc) is 3.12. The Bertz CT molecular complexity index is 751. The summed E-state index contributed by atoms with van der Waals surface area (Å²) in [6.07, 6.45) is 22.9. The molecule has 4 aliphatic carbocycles. The molecule has 0 saturated heterocycles. The highest BCUT2D eigenvalue weighted by atomic mass is 79.9. The summed E-state index contributed by atoms with van der Waals surface area (Å²) in [4.78, 5) is 12.4. The van der Waals surface area contributed by atoms with Gasteiger partial charge in [0.15, 0.2) is 0 Å². The van der Waals surface area contributed by atoms with Gasteiger partial charge >= 0.3 is 5.97 Å². The van der Waals surface area contributed by atoms with E-state index in [1.807, 2.05) is 13.8 Å². The second-order valence-electron chi connectivity index (χ2n) is 13.4. The van der Waals surface area contributed by atoms with E-state index in [1.165, 1.54) is 83.5 Å². The molecule has 34 heavy (non-hydrogen) atoms. The number of hydrogen-bond acceptors (Lipinski definition) is 2. The Balaban J connectivity index is 1.38. The molecule has 2 nitrogen and oxygen atoms in total. The van der Waals surface area contributed by atoms with Crippen LogP contribution in [0.2, 0.25) is 0 Å². The molecule has 0 aromatic carbocycles. The van der Waals surface area contributed by atoms with Crippen LogP contribution in [-0.4, -0.2) is 16.4 Å². The Hall–Kier alpha value is -0.310. The first kappa shape index (κ1) is 26.7. The van der Waals surface area contributed by atoms with E-state index in [1.54, 1.807) is 5.57 Å². The van der Waals surface area contributed by atoms with Crippen molar-refractivity contribution in [3.8, 4) is 0 Å². The lowest BCUT2D eigenvalue weighted by Gasteiger charge is -2.58. The molecule has 0 spiro atoms. The molecule has 0 aromatic rings. The molecule has 0 N–H and O–H groups in total. The number of hydrogen-bond donors (Lipinski definition) is 0. The first-order chi connectivity index (χ1) is 16.1. The zero-order valence-electron chi connectivity index (χ0n) is 22.8. The van der Waals surface area contributed by atoms with Gasteiger partial charge in [-0.1, -0.05) is 86.9 Å². The normalized spacial score (nSPS) is 39.6. The second kappa shape index (κ2) is 10.6. The molecule has 3 saturated carbocycles. The highest BCUT2D eigenvalue weighted by Crippen LogP contribution is 2.66. The van der Waals surface area contributed by atoms with Gasteiger partial charge in [-0.2, -0.15) is 0 Å². The molecule has 0 unspecified atom stereocenters. The lowest BCUT2D eigenvalue weighted by molar-refractivity contribution is -0.153. The van der Waals surface area contributed by atoms with Crippen molar-refractivity contribution in [2.45, 2.75) is 141 Å². The molecule has 0 aromatic heterocycles. The summed E-state index contributed by atoms with van der Waals surface area (Å²) < 4.78 is 5.33. The van der Waals surface area contributed by atoms with Crippen LogP contribution in [0.25, 0.3) is 0 Å². The lowest BCUT2D eigenvalue weighted by Crippen LogP contribution is -2.50. The molecule has 7 atom stereocenters. The van der Waals surface area contributed by atoms with Crippen molar-refractivity contribution < 1.29 is 9.53 Å². The Morgan fingerprint density at radius 1 is 1.03 bits per heavy atom. The first-order valence-electron chi connectivity index (χ1n) is 14.7. The third kappa shape index (κ3) is 5.21. The van der Waals surface area contributed by atoms with Gasteiger partial charge in [-0.3, -0.25) is 4.79 Å². The summed E-state index contributed by atoms with van der Waals surface area (Å²) in [7, 11) is 0. The summed E-state index contributed by atoms with van der Waals surface area (Å²) in [6, 6.07) is 0. The SMILES string of the molecule is CCCCCCCC[C@H]1CC[C@H]2[C@@H]3CC=C4C[C@@H](OC(=O)C(C)(C)Br)CC[C@]4(C)[C@H]3CC[C@]12C. The van der Waals surface area contributed by atoms with Gasteiger partial charge in [-0.25, -0.2) is 0 Å². The Morgan fingerprint density at radius 2 is 1.76 bits per heavy atom. The van der Waals surface area contributed by atoms with Gasteiger partial charge in [0, 0.05) is 6.42 Å². The fraction of sp³-hybridized carbons (Fsp3) is 0.903. The predicted octanol–water partition coefficient (Wildman–Crippen LogP) is 9.40. The van der Waals surface area contributed by atoms with E-state index in [0.717, 1.165) is 36.5 Å². The van der Waals surface area contributed by atoms with Crippen LogP contribution in [-0.2, 0) is 9.53 Å². The number of ether oxygens (including phenoxy) is 1. The van der Waals surface area contributed by atoms with Gasteiger partial charge in [0.05, 0.1) is 0 Å². The molecule has 0 aliphatic heterocycles. The Kier molecular flexibility index (Phi) is 8.33. The van der Waals surface area contributed by atoms with Gasteiger partial charge in [0.1, 0.15) is 10.4 Å². The number of halogens is 1. The summed E-state index contributed by atoms with van der Waals surface area (Å²) in [5.74, 6) is 3.48. The Labute approximate surface area is 218 Å². The van der Waals surface area contributed by atoms with Gasteiger partial charge in [-0.15, -0.1) is 0 Å². The Morgan fingerprint density at radius 3 is 2.50 bits per heavy atom. The quantitative estimate of drug-likeness (QED) is 0.127. The zero-order chi connectivity index (χ0) is 24.6. The van der Waals surface area contributed by atoms with Crippen molar-refractivity contribution in [3.63, 3.8) is 0 Å². The number of rotatable bonds is 9. The van der Waals surface area contributed by atoms with Gasteiger partial charge in [0.25, 0.3) is 0 Å². The van der Waals surface area contributed by atoms with Crippen LogP contribution in [0.3, 0.4) is 0 Å². The molecule has 0 radical (unpaired) electrons. The molecule has 194 valence electrons. The van der Waals surface area contributed by atoms with Gasteiger partial charge < -0.3 is 4.74 Å². The van der Waals surface area contributed by atoms with Crippen LogP contribution in [0.15, 0.2) is 11.6 Å². The highest BCUT2D eigenvalue weighted by Gasteiger charge is 2.58. The van der Waals surface area contributed by atoms with Crippen molar-refractivity contribution in [1.29, 1.82) is 0 Å². The van der Waals surface area contributed by atoms with Gasteiger partial charge in [-0.05, 0) is 99.7 Å². The fourth-order valence-corrected chi connectivity index (χ4v) is 8.87. The maximum atomic E-state index is 12.4. The van der Waals surface area contributed by atoms with E-state index in [-0.39, 0.29) is 12.1 Å². The van der Waals surface area contributed by atoms with Crippen LogP contribution in [0.4, 0.5) is 0 Å². The van der Waals surface area contributed by atoms with E-state index in [2.05, 4.69) is 42.8 Å². The molecule has 0 bridgehead atoms. The van der Waals surface area contributed by atoms with E-state index in [4.69, 9.17) is 4.74 Å². The van der Waals surface area contributed by atoms with E-state index in [0.29, 0.717) is 10.8 Å². The second-order valence-corrected chi connectivity index (χ2v) is 15.4. The van der Waals surface area contributed by atoms with Gasteiger partial charge in [0.2, 0.25) is 0 Å². The molecule has 3 fully saturated rings. The number of carbonyl (C=O) groups excluding carboxylic acids is 1. The third-order valence-electron chi connectivity index (χ3n) is 10.9. The fourth-order valence-electron chi connectivity index (χ4n) is 8.77. The highest BCUT2D eigenvalue weighted by molar-refractivity contribution is 9.10. The molecular formula is C31H51BrO2. The summed E-state index contributed by atoms with van der Waals surface area (Å²) in [6.45, 7) is 11.3. The van der Waals surface area contributed by atoms with Crippen molar-refractivity contribution in [2.24, 2.45) is 34.5 Å². The number of carbonyl (C=O) groups is 1. The van der Waals surface area contributed by atoms with E-state index in [9.17, 15) is 4.79 Å². The van der Waals surface area contributed by atoms with E-state index < -0.39 is 4.32 Å². The van der Waals surface area contributed by atoms with Crippen molar-refractivity contribution in [1.82, 2.24) is 0 Å². The van der Waals surface area contributed by atoms with Crippen LogP contribution < -0.4 is 0 Å². The molecule has 0 amide bonds. The smallest absolute Gasteiger partial charge is 0.322 e. The van der Waals surface area contributed by atoms with Crippen LogP contribution in [0.5, 0.6) is 0 Å². The van der Waals surface area contributed by atoms with Crippen LogP contribution in [0.1, 0.15) is 131 Å². The summed E-state index contributed by atoms with van der Waals surface area (Å²) in [5.41, 5.74) is 2.52. The van der Waals surface area contributed by atoms with Crippen LogP contribution in [0, 0.1) is 34.5 Å². The minimum atomic E-state index is -0.595. The lowest BCUT2D eigenvalue weighted by atomic mass is 9.47. The monoisotopic (exact) mass is 534 g/mol. The number of fused-ring (bicyclic) bond motifs is 5. The standard InChI is InChI=1S/C31H51BrO2/c1-6-7-8-9-10-11-12-22-14-16-26-25-15-13-23-21-24(34-28(33)29(2,3)32)17-19-31(23,5)27(25)18-20-30(22,26)4/h13,22,24-27H,6-12,14-21H2,1-5H3/t22-,24-,25-,26-,27-,30+,31-/m0/s1. The number of unbranched alkanes of at least 4 members (excludes halogenated alkanes) is 5. The van der Waals surface area contributed by atoms with E-state index >= 15 is 0 Å². The average molecular weight is 536 g/mol. The topological polar surface area (TPSA) is 26.3 Å².